The molecule has 0 aliphatic carbocycles. The van der Waals surface area contributed by atoms with E-state index in [1.165, 1.54) is 17.3 Å². The highest BCUT2D eigenvalue weighted by Crippen LogP contribution is 2.27. The van der Waals surface area contributed by atoms with Crippen LogP contribution in [0.5, 0.6) is 0 Å². The maximum Gasteiger partial charge on any atom is 0.277 e. The average molecular weight is 404 g/mol. The van der Waals surface area contributed by atoms with Crippen molar-refractivity contribution < 1.29 is 9.21 Å². The molecule has 1 heterocycles. The summed E-state index contributed by atoms with van der Waals surface area (Å²) in [4.78, 5) is 12.4. The Labute approximate surface area is 173 Å². The summed E-state index contributed by atoms with van der Waals surface area (Å²) >= 11 is 1.23. The predicted molar refractivity (Wildman–Crippen MR) is 117 cm³/mol. The van der Waals surface area contributed by atoms with E-state index < -0.39 is 0 Å². The van der Waals surface area contributed by atoms with Gasteiger partial charge >= 0.3 is 0 Å². The summed E-state index contributed by atoms with van der Waals surface area (Å²) in [5, 5.41) is 13.8. The monoisotopic (exact) mass is 403 g/mol. The van der Waals surface area contributed by atoms with E-state index >= 15 is 0 Å². The first-order chi connectivity index (χ1) is 14.0. The molecule has 0 fully saturated rings. The number of hydrogen-bond acceptors (Lipinski definition) is 5. The molecule has 29 heavy (non-hydrogen) atoms. The number of nitrogens with one attached hydrogen (secondary N) is 1. The van der Waals surface area contributed by atoms with E-state index in [0.29, 0.717) is 11.1 Å². The molecule has 0 aliphatic heterocycles. The third-order valence-electron chi connectivity index (χ3n) is 4.67. The lowest BCUT2D eigenvalue weighted by atomic mass is 10.1. The van der Waals surface area contributed by atoms with Gasteiger partial charge in [-0.2, -0.15) is 0 Å². The smallest absolute Gasteiger partial charge is 0.277 e. The van der Waals surface area contributed by atoms with Crippen molar-refractivity contribution in [3.8, 4) is 11.5 Å². The fraction of sp³-hybridized carbons (Fsp3) is 0.174. The summed E-state index contributed by atoms with van der Waals surface area (Å²) in [6.45, 7) is 6.04. The topological polar surface area (TPSA) is 68.0 Å². The minimum atomic E-state index is -0.101. The Balaban J connectivity index is 1.42. The van der Waals surface area contributed by atoms with Crippen LogP contribution in [0.4, 0.5) is 5.69 Å². The predicted octanol–water partition coefficient (Wildman–Crippen LogP) is 5.55. The molecular formula is C23H21N3O2S. The molecule has 1 N–H and O–H groups in total. The van der Waals surface area contributed by atoms with E-state index in [-0.39, 0.29) is 11.7 Å². The van der Waals surface area contributed by atoms with E-state index in [4.69, 9.17) is 4.42 Å². The van der Waals surface area contributed by atoms with E-state index in [0.717, 1.165) is 33.2 Å². The van der Waals surface area contributed by atoms with Crippen molar-refractivity contribution >= 4 is 34.1 Å². The van der Waals surface area contributed by atoms with Gasteiger partial charge in [0.05, 0.1) is 5.75 Å². The summed E-state index contributed by atoms with van der Waals surface area (Å²) in [5.41, 5.74) is 5.01. The van der Waals surface area contributed by atoms with Gasteiger partial charge in [0.1, 0.15) is 0 Å². The van der Waals surface area contributed by atoms with Crippen molar-refractivity contribution in [2.45, 2.75) is 26.0 Å². The molecule has 4 rings (SSSR count). The number of amides is 1. The quantitative estimate of drug-likeness (QED) is 0.443. The number of hydrogen-bond donors (Lipinski definition) is 1. The molecule has 0 spiro atoms. The van der Waals surface area contributed by atoms with Crippen LogP contribution in [0.2, 0.25) is 0 Å². The molecule has 0 radical (unpaired) electrons. The lowest BCUT2D eigenvalue weighted by molar-refractivity contribution is -0.113. The lowest BCUT2D eigenvalue weighted by Gasteiger charge is -2.12. The summed E-state index contributed by atoms with van der Waals surface area (Å²) in [7, 11) is 0. The Morgan fingerprint density at radius 3 is 2.45 bits per heavy atom. The number of thioether (sulfide) groups is 1. The van der Waals surface area contributed by atoms with E-state index in [2.05, 4.69) is 33.7 Å². The van der Waals surface area contributed by atoms with Crippen molar-refractivity contribution in [3.05, 3.63) is 71.3 Å². The number of benzene rings is 3. The van der Waals surface area contributed by atoms with Crippen molar-refractivity contribution in [3.63, 3.8) is 0 Å². The molecule has 146 valence electrons. The number of aryl methyl sites for hydroxylation is 3. The first-order valence-electron chi connectivity index (χ1n) is 9.33. The van der Waals surface area contributed by atoms with Gasteiger partial charge < -0.3 is 9.73 Å². The summed E-state index contributed by atoms with van der Waals surface area (Å²) in [6, 6.07) is 18.2. The van der Waals surface area contributed by atoms with Gasteiger partial charge in [0.2, 0.25) is 11.8 Å². The van der Waals surface area contributed by atoms with Crippen molar-refractivity contribution in [2.75, 3.05) is 11.1 Å². The Hall–Kier alpha value is -3.12. The number of aromatic nitrogens is 2. The number of carbonyl (C=O) groups excluding carboxylic acids is 1. The Kier molecular flexibility index (Phi) is 5.36. The second kappa shape index (κ2) is 8.09. The van der Waals surface area contributed by atoms with Crippen LogP contribution < -0.4 is 5.32 Å². The number of rotatable bonds is 5. The fourth-order valence-corrected chi connectivity index (χ4v) is 3.95. The van der Waals surface area contributed by atoms with Gasteiger partial charge in [0.15, 0.2) is 0 Å². The summed E-state index contributed by atoms with van der Waals surface area (Å²) < 4.78 is 5.74. The van der Waals surface area contributed by atoms with Gasteiger partial charge in [0, 0.05) is 11.3 Å². The SMILES string of the molecule is Cc1cc(C)c(NC(=O)CSc2nnc(-c3ccc4ccccc4c3)o2)c(C)c1. The van der Waals surface area contributed by atoms with Crippen molar-refractivity contribution in [1.82, 2.24) is 10.2 Å². The standard InChI is InChI=1S/C23H21N3O2S/c1-14-10-15(2)21(16(3)11-14)24-20(27)13-29-23-26-25-22(28-23)19-9-8-17-6-4-5-7-18(17)12-19/h4-12H,13H2,1-3H3,(H,24,27). The Morgan fingerprint density at radius 2 is 1.69 bits per heavy atom. The minimum absolute atomic E-state index is 0.101. The molecule has 4 aromatic rings. The highest BCUT2D eigenvalue weighted by atomic mass is 32.2. The molecule has 6 heteroatoms. The fourth-order valence-electron chi connectivity index (χ4n) is 3.39. The largest absolute Gasteiger partial charge is 0.411 e. The molecule has 0 atom stereocenters. The van der Waals surface area contributed by atoms with Crippen LogP contribution in [0.15, 0.2) is 64.2 Å². The zero-order chi connectivity index (χ0) is 20.4. The second-order valence-corrected chi connectivity index (χ2v) is 7.97. The van der Waals surface area contributed by atoms with Gasteiger partial charge in [-0.05, 0) is 54.8 Å². The van der Waals surface area contributed by atoms with Crippen LogP contribution in [-0.2, 0) is 4.79 Å². The minimum Gasteiger partial charge on any atom is -0.411 e. The first kappa shape index (κ1) is 19.2. The number of fused-ring (bicyclic) bond motifs is 1. The Bertz CT molecular complexity index is 1180. The molecule has 1 aromatic heterocycles. The van der Waals surface area contributed by atoms with Gasteiger partial charge in [-0.1, -0.05) is 59.8 Å². The molecular weight excluding hydrogens is 382 g/mol. The molecule has 0 saturated carbocycles. The molecule has 0 bridgehead atoms. The van der Waals surface area contributed by atoms with Crippen LogP contribution in [0.3, 0.4) is 0 Å². The number of nitrogens with zero attached hydrogens (tertiary/aromatic N) is 2. The van der Waals surface area contributed by atoms with E-state index in [1.54, 1.807) is 0 Å². The second-order valence-electron chi connectivity index (χ2n) is 7.05. The third kappa shape index (κ3) is 4.32. The number of carbonyl (C=O) groups is 1. The highest BCUT2D eigenvalue weighted by Gasteiger charge is 2.13. The summed E-state index contributed by atoms with van der Waals surface area (Å²) in [6.07, 6.45) is 0. The highest BCUT2D eigenvalue weighted by molar-refractivity contribution is 7.99. The normalized spacial score (nSPS) is 11.0. The molecule has 5 nitrogen and oxygen atoms in total. The van der Waals surface area contributed by atoms with E-state index in [1.807, 2.05) is 57.2 Å². The summed E-state index contributed by atoms with van der Waals surface area (Å²) in [5.74, 6) is 0.547. The molecule has 1 amide bonds. The van der Waals surface area contributed by atoms with Gasteiger partial charge in [0.25, 0.3) is 5.22 Å². The third-order valence-corrected chi connectivity index (χ3v) is 5.49. The van der Waals surface area contributed by atoms with Gasteiger partial charge in [-0.3, -0.25) is 4.79 Å². The van der Waals surface area contributed by atoms with Gasteiger partial charge in [-0.15, -0.1) is 10.2 Å². The van der Waals surface area contributed by atoms with Crippen LogP contribution >= 0.6 is 11.8 Å². The number of anilines is 1. The van der Waals surface area contributed by atoms with Crippen LogP contribution in [0.25, 0.3) is 22.2 Å². The molecule has 0 saturated heterocycles. The molecule has 0 aliphatic rings. The maximum atomic E-state index is 12.4. The van der Waals surface area contributed by atoms with Crippen molar-refractivity contribution in [1.29, 1.82) is 0 Å². The Morgan fingerprint density at radius 1 is 0.966 bits per heavy atom. The maximum absolute atomic E-state index is 12.4. The zero-order valence-corrected chi connectivity index (χ0v) is 17.3. The zero-order valence-electron chi connectivity index (χ0n) is 16.5. The van der Waals surface area contributed by atoms with Crippen LogP contribution in [-0.4, -0.2) is 21.9 Å². The first-order valence-corrected chi connectivity index (χ1v) is 10.3. The van der Waals surface area contributed by atoms with Gasteiger partial charge in [-0.25, -0.2) is 0 Å². The molecule has 0 unspecified atom stereocenters. The van der Waals surface area contributed by atoms with Crippen molar-refractivity contribution in [2.24, 2.45) is 0 Å². The molecule has 3 aromatic carbocycles. The van der Waals surface area contributed by atoms with Crippen LogP contribution in [0.1, 0.15) is 16.7 Å². The van der Waals surface area contributed by atoms with Crippen LogP contribution in [0, 0.1) is 20.8 Å². The lowest BCUT2D eigenvalue weighted by Crippen LogP contribution is -2.15. The van der Waals surface area contributed by atoms with E-state index in [9.17, 15) is 4.79 Å². The average Bonchev–Trinajstić information content (AvgIpc) is 3.18.